The van der Waals surface area contributed by atoms with Crippen molar-refractivity contribution >= 4 is 44.8 Å². The van der Waals surface area contributed by atoms with Gasteiger partial charge in [0.2, 0.25) is 15.9 Å². The van der Waals surface area contributed by atoms with Crippen molar-refractivity contribution in [2.45, 2.75) is 31.1 Å². The van der Waals surface area contributed by atoms with Crippen molar-refractivity contribution in [2.24, 2.45) is 5.92 Å². The molecule has 1 N–H and O–H groups in total. The van der Waals surface area contributed by atoms with Gasteiger partial charge in [-0.25, -0.2) is 8.42 Å². The molecule has 2 aliphatic rings. The summed E-state index contributed by atoms with van der Waals surface area (Å²) in [5, 5.41) is 3.16. The Morgan fingerprint density at radius 2 is 1.83 bits per heavy atom. The van der Waals surface area contributed by atoms with Crippen molar-refractivity contribution in [2.75, 3.05) is 43.6 Å². The van der Waals surface area contributed by atoms with E-state index in [2.05, 4.69) is 5.32 Å². The van der Waals surface area contributed by atoms with Crippen LogP contribution in [0.15, 0.2) is 65.6 Å². The Morgan fingerprint density at radius 3 is 2.54 bits per heavy atom. The lowest BCUT2D eigenvalue weighted by molar-refractivity contribution is -0.120. The van der Waals surface area contributed by atoms with Crippen LogP contribution >= 0.6 is 11.6 Å². The number of hydrogen-bond acceptors (Lipinski definition) is 6. The van der Waals surface area contributed by atoms with Gasteiger partial charge in [0.05, 0.1) is 29.6 Å². The molecule has 2 aliphatic heterocycles. The third kappa shape index (κ3) is 6.05. The maximum atomic E-state index is 13.4. The molecule has 9 nitrogen and oxygen atoms in total. The van der Waals surface area contributed by atoms with E-state index in [1.807, 2.05) is 19.1 Å². The van der Waals surface area contributed by atoms with E-state index in [1.165, 1.54) is 16.4 Å². The highest BCUT2D eigenvalue weighted by atomic mass is 35.5. The summed E-state index contributed by atoms with van der Waals surface area (Å²) in [5.74, 6) is 0.174. The molecule has 1 fully saturated rings. The highest BCUT2D eigenvalue weighted by molar-refractivity contribution is 7.89. The summed E-state index contributed by atoms with van der Waals surface area (Å²) < 4.78 is 38.7. The van der Waals surface area contributed by atoms with E-state index in [0.717, 1.165) is 17.7 Å². The van der Waals surface area contributed by atoms with E-state index in [0.29, 0.717) is 55.3 Å². The van der Waals surface area contributed by atoms with E-state index in [4.69, 9.17) is 21.1 Å². The molecule has 11 heteroatoms. The molecule has 2 amide bonds. The van der Waals surface area contributed by atoms with Crippen molar-refractivity contribution in [3.8, 4) is 11.5 Å². The normalized spacial score (nSPS) is 17.1. The lowest BCUT2D eigenvalue weighted by atomic mass is 9.98. The number of ether oxygens (including phenoxy) is 2. The second-order valence-corrected chi connectivity index (χ2v) is 12.3. The van der Waals surface area contributed by atoms with Crippen LogP contribution in [0, 0.1) is 5.92 Å². The van der Waals surface area contributed by atoms with Crippen LogP contribution in [0.25, 0.3) is 0 Å². The molecule has 1 atom stereocenters. The molecule has 0 spiro atoms. The number of methoxy groups -OCH3 is 1. The van der Waals surface area contributed by atoms with Crippen molar-refractivity contribution in [1.29, 1.82) is 0 Å². The number of nitrogens with one attached hydrogen (secondary N) is 1. The molecule has 5 rings (SSSR count). The summed E-state index contributed by atoms with van der Waals surface area (Å²) in [6, 6.07) is 16.9. The first-order valence-electron chi connectivity index (χ1n) is 13.5. The van der Waals surface area contributed by atoms with E-state index in [-0.39, 0.29) is 28.3 Å². The number of hydrogen-bond donors (Lipinski definition) is 1. The lowest BCUT2D eigenvalue weighted by Gasteiger charge is -2.31. The number of fused-ring (bicyclic) bond motifs is 1. The number of rotatable bonds is 8. The smallest absolute Gasteiger partial charge is 0.258 e. The minimum Gasteiger partial charge on any atom is -0.497 e. The average molecular weight is 598 g/mol. The molecule has 0 bridgehead atoms. The highest BCUT2D eigenvalue weighted by Crippen LogP contribution is 2.34. The van der Waals surface area contributed by atoms with Crippen molar-refractivity contribution in [3.05, 3.63) is 76.8 Å². The van der Waals surface area contributed by atoms with Crippen LogP contribution in [0.4, 0.5) is 11.4 Å². The predicted octanol–water partition coefficient (Wildman–Crippen LogP) is 4.99. The summed E-state index contributed by atoms with van der Waals surface area (Å²) in [5.41, 5.74) is 2.88. The maximum Gasteiger partial charge on any atom is 0.258 e. The Bertz CT molecular complexity index is 1560. The first-order valence-corrected chi connectivity index (χ1v) is 15.3. The third-order valence-corrected chi connectivity index (χ3v) is 9.58. The molecule has 41 heavy (non-hydrogen) atoms. The Hall–Kier alpha value is -3.60. The molecule has 0 aliphatic carbocycles. The van der Waals surface area contributed by atoms with E-state index >= 15 is 0 Å². The Balaban J connectivity index is 1.28. The molecule has 0 unspecified atom stereocenters. The summed E-state index contributed by atoms with van der Waals surface area (Å²) in [7, 11) is -2.28. The summed E-state index contributed by atoms with van der Waals surface area (Å²) in [4.78, 5) is 28.3. The van der Waals surface area contributed by atoms with Crippen LogP contribution in [-0.4, -0.2) is 57.9 Å². The summed E-state index contributed by atoms with van der Waals surface area (Å²) in [6.45, 7) is 3.16. The first-order chi connectivity index (χ1) is 19.7. The van der Waals surface area contributed by atoms with Crippen LogP contribution < -0.4 is 19.7 Å². The van der Waals surface area contributed by atoms with E-state index in [1.54, 1.807) is 48.4 Å². The number of carbonyl (C=O) groups is 2. The maximum absolute atomic E-state index is 13.4. The summed E-state index contributed by atoms with van der Waals surface area (Å²) in [6.07, 6.45) is 1.84. The fourth-order valence-corrected chi connectivity index (χ4v) is 7.09. The molecular weight excluding hydrogens is 566 g/mol. The number of nitrogens with zero attached hydrogens (tertiary/aromatic N) is 2. The molecule has 0 aromatic heterocycles. The second-order valence-electron chi connectivity index (χ2n) is 10.00. The average Bonchev–Trinajstić information content (AvgIpc) is 3.41. The van der Waals surface area contributed by atoms with Gasteiger partial charge < -0.3 is 19.7 Å². The molecular formula is C30H32ClN3O6S. The largest absolute Gasteiger partial charge is 0.497 e. The number of carbonyl (C=O) groups excluding carboxylic acids is 2. The van der Waals surface area contributed by atoms with Gasteiger partial charge in [-0.05, 0) is 86.3 Å². The van der Waals surface area contributed by atoms with Crippen LogP contribution in [0.3, 0.4) is 0 Å². The number of benzene rings is 3. The number of sulfonamides is 1. The second kappa shape index (κ2) is 12.1. The van der Waals surface area contributed by atoms with Gasteiger partial charge in [-0.15, -0.1) is 0 Å². The molecule has 2 heterocycles. The minimum atomic E-state index is -3.85. The number of amides is 2. The predicted molar refractivity (Wildman–Crippen MR) is 158 cm³/mol. The van der Waals surface area contributed by atoms with E-state index < -0.39 is 15.9 Å². The third-order valence-electron chi connectivity index (χ3n) is 7.43. The fraction of sp³-hybridized carbons (Fsp3) is 0.333. The van der Waals surface area contributed by atoms with Crippen LogP contribution in [0.1, 0.15) is 35.7 Å². The molecule has 216 valence electrons. The van der Waals surface area contributed by atoms with E-state index in [9.17, 15) is 18.0 Å². The van der Waals surface area contributed by atoms with Gasteiger partial charge >= 0.3 is 0 Å². The lowest BCUT2D eigenvalue weighted by Crippen LogP contribution is -2.43. The van der Waals surface area contributed by atoms with Gasteiger partial charge in [0.1, 0.15) is 11.5 Å². The van der Waals surface area contributed by atoms with Crippen molar-refractivity contribution < 1.29 is 27.5 Å². The first kappa shape index (κ1) is 28.9. The van der Waals surface area contributed by atoms with Crippen LogP contribution in [0.5, 0.6) is 11.5 Å². The Morgan fingerprint density at radius 1 is 1.05 bits per heavy atom. The van der Waals surface area contributed by atoms with Gasteiger partial charge in [0.15, 0.2) is 0 Å². The molecule has 1 saturated heterocycles. The molecule has 3 aromatic carbocycles. The Kier molecular flexibility index (Phi) is 8.53. The van der Waals surface area contributed by atoms with Crippen molar-refractivity contribution in [1.82, 2.24) is 4.31 Å². The monoisotopic (exact) mass is 597 g/mol. The zero-order valence-corrected chi connectivity index (χ0v) is 24.5. The quantitative estimate of drug-likeness (QED) is 0.392. The summed E-state index contributed by atoms with van der Waals surface area (Å²) >= 11 is 6.24. The number of anilines is 2. The van der Waals surface area contributed by atoms with Crippen LogP contribution in [0.2, 0.25) is 5.02 Å². The van der Waals surface area contributed by atoms with Gasteiger partial charge in [0, 0.05) is 36.6 Å². The fourth-order valence-electron chi connectivity index (χ4n) is 5.24. The van der Waals surface area contributed by atoms with Gasteiger partial charge in [-0.3, -0.25) is 9.59 Å². The molecule has 0 radical (unpaired) electrons. The SMILES string of the molecule is CCOc1ccc(S(=O)(=O)N2CCC[C@H](C(=O)Nc3ccc4c(c3)N(C(=O)c3ccc(OC)cc3)CC4)C2)cc1Cl. The Labute approximate surface area is 245 Å². The van der Waals surface area contributed by atoms with Gasteiger partial charge in [-0.1, -0.05) is 17.7 Å². The highest BCUT2D eigenvalue weighted by Gasteiger charge is 2.34. The molecule has 3 aromatic rings. The van der Waals surface area contributed by atoms with Crippen LogP contribution in [-0.2, 0) is 21.2 Å². The topological polar surface area (TPSA) is 105 Å². The number of halogens is 1. The minimum absolute atomic E-state index is 0.0615. The van der Waals surface area contributed by atoms with Gasteiger partial charge in [-0.2, -0.15) is 4.31 Å². The zero-order valence-electron chi connectivity index (χ0n) is 22.9. The zero-order chi connectivity index (χ0) is 29.1. The standard InChI is InChI=1S/C30H32ClN3O6S/c1-3-40-28-13-12-25(18-26(28)31)41(37,38)33-15-4-5-22(19-33)29(35)32-23-9-6-20-14-16-34(27(20)17-23)30(36)21-7-10-24(39-2)11-8-21/h6-13,17-18,22H,3-5,14-16,19H2,1-2H3,(H,32,35)/t22-/m0/s1. The number of piperidine rings is 1. The molecule has 0 saturated carbocycles. The van der Waals surface area contributed by atoms with Gasteiger partial charge in [0.25, 0.3) is 5.91 Å². The van der Waals surface area contributed by atoms with Crippen molar-refractivity contribution in [3.63, 3.8) is 0 Å².